The SMILES string of the molecule is Cl.NC1CCCCN(C2CCC(n3ncc4ccccc4c3=O)C2)C1. The minimum absolute atomic E-state index is 0. The Morgan fingerprint density at radius 3 is 2.76 bits per heavy atom. The van der Waals surface area contributed by atoms with Gasteiger partial charge in [0.2, 0.25) is 0 Å². The van der Waals surface area contributed by atoms with Gasteiger partial charge in [0, 0.05) is 24.0 Å². The van der Waals surface area contributed by atoms with Crippen molar-refractivity contribution in [3.63, 3.8) is 0 Å². The van der Waals surface area contributed by atoms with Crippen LogP contribution in [0.4, 0.5) is 0 Å². The number of likely N-dealkylation sites (tertiary alicyclic amines) is 1. The van der Waals surface area contributed by atoms with Crippen LogP contribution in [0.1, 0.15) is 44.6 Å². The second-order valence-corrected chi connectivity index (χ2v) is 7.35. The van der Waals surface area contributed by atoms with E-state index >= 15 is 0 Å². The molecule has 1 aromatic carbocycles. The molecule has 0 spiro atoms. The smallest absolute Gasteiger partial charge is 0.274 e. The largest absolute Gasteiger partial charge is 0.327 e. The van der Waals surface area contributed by atoms with Crippen LogP contribution in [0.2, 0.25) is 0 Å². The molecule has 1 saturated carbocycles. The summed E-state index contributed by atoms with van der Waals surface area (Å²) >= 11 is 0. The van der Waals surface area contributed by atoms with Crippen molar-refractivity contribution in [3.05, 3.63) is 40.8 Å². The van der Waals surface area contributed by atoms with Crippen molar-refractivity contribution in [2.24, 2.45) is 5.73 Å². The molecule has 136 valence electrons. The molecule has 1 aromatic heterocycles. The average Bonchev–Trinajstić information content (AvgIpc) is 2.98. The predicted octanol–water partition coefficient (Wildman–Crippen LogP) is 2.73. The average molecular weight is 363 g/mol. The number of nitrogens with two attached hydrogens (primary N) is 1. The van der Waals surface area contributed by atoms with Crippen LogP contribution in [0.3, 0.4) is 0 Å². The van der Waals surface area contributed by atoms with Crippen molar-refractivity contribution in [2.75, 3.05) is 13.1 Å². The van der Waals surface area contributed by atoms with Gasteiger partial charge in [-0.25, -0.2) is 4.68 Å². The molecule has 1 aliphatic heterocycles. The lowest BCUT2D eigenvalue weighted by Gasteiger charge is -2.29. The summed E-state index contributed by atoms with van der Waals surface area (Å²) in [7, 11) is 0. The maximum Gasteiger partial charge on any atom is 0.274 e. The molecule has 2 heterocycles. The fourth-order valence-electron chi connectivity index (χ4n) is 4.39. The van der Waals surface area contributed by atoms with Gasteiger partial charge in [0.15, 0.2) is 0 Å². The van der Waals surface area contributed by atoms with E-state index in [2.05, 4.69) is 10.00 Å². The Bertz CT molecular complexity index is 777. The first-order valence-electron chi connectivity index (χ1n) is 9.18. The van der Waals surface area contributed by atoms with Gasteiger partial charge in [0.25, 0.3) is 5.56 Å². The van der Waals surface area contributed by atoms with Crippen LogP contribution in [0.5, 0.6) is 0 Å². The summed E-state index contributed by atoms with van der Waals surface area (Å²) in [6.07, 6.45) is 8.62. The minimum atomic E-state index is 0. The topological polar surface area (TPSA) is 64.2 Å². The van der Waals surface area contributed by atoms with Crippen molar-refractivity contribution in [3.8, 4) is 0 Å². The van der Waals surface area contributed by atoms with E-state index in [-0.39, 0.29) is 24.0 Å². The van der Waals surface area contributed by atoms with Crippen LogP contribution in [-0.2, 0) is 0 Å². The van der Waals surface area contributed by atoms with Crippen LogP contribution < -0.4 is 11.3 Å². The Labute approximate surface area is 154 Å². The Morgan fingerprint density at radius 1 is 1.08 bits per heavy atom. The molecule has 3 unspecified atom stereocenters. The van der Waals surface area contributed by atoms with Crippen LogP contribution in [0.25, 0.3) is 10.8 Å². The number of hydrogen-bond acceptors (Lipinski definition) is 4. The lowest BCUT2D eigenvalue weighted by atomic mass is 10.1. The minimum Gasteiger partial charge on any atom is -0.327 e. The van der Waals surface area contributed by atoms with Crippen LogP contribution in [-0.4, -0.2) is 39.9 Å². The third kappa shape index (κ3) is 3.73. The molecule has 1 aliphatic carbocycles. The van der Waals surface area contributed by atoms with E-state index < -0.39 is 0 Å². The fraction of sp³-hybridized carbons (Fsp3) is 0.579. The zero-order chi connectivity index (χ0) is 16.5. The van der Waals surface area contributed by atoms with Gasteiger partial charge in [-0.05, 0) is 44.7 Å². The summed E-state index contributed by atoms with van der Waals surface area (Å²) in [6, 6.07) is 8.77. The van der Waals surface area contributed by atoms with E-state index in [1.54, 1.807) is 4.68 Å². The molecular weight excluding hydrogens is 336 g/mol. The number of hydrogen-bond donors (Lipinski definition) is 1. The summed E-state index contributed by atoms with van der Waals surface area (Å²) in [5, 5.41) is 6.16. The first-order chi connectivity index (χ1) is 11.7. The number of fused-ring (bicyclic) bond motifs is 1. The molecule has 6 heteroatoms. The van der Waals surface area contributed by atoms with Gasteiger partial charge in [-0.3, -0.25) is 9.69 Å². The third-order valence-electron chi connectivity index (χ3n) is 5.70. The Kier molecular flexibility index (Phi) is 5.77. The third-order valence-corrected chi connectivity index (χ3v) is 5.70. The van der Waals surface area contributed by atoms with Crippen molar-refractivity contribution >= 4 is 23.2 Å². The zero-order valence-electron chi connectivity index (χ0n) is 14.5. The quantitative estimate of drug-likeness (QED) is 0.892. The lowest BCUT2D eigenvalue weighted by Crippen LogP contribution is -2.41. The second kappa shape index (κ2) is 7.85. The molecule has 2 fully saturated rings. The number of halogens is 1. The highest BCUT2D eigenvalue weighted by Gasteiger charge is 2.32. The molecule has 25 heavy (non-hydrogen) atoms. The van der Waals surface area contributed by atoms with E-state index in [4.69, 9.17) is 5.73 Å². The maximum absolute atomic E-state index is 12.8. The molecule has 0 amide bonds. The van der Waals surface area contributed by atoms with Gasteiger partial charge < -0.3 is 5.73 Å². The monoisotopic (exact) mass is 362 g/mol. The molecule has 0 bridgehead atoms. The van der Waals surface area contributed by atoms with Crippen molar-refractivity contribution < 1.29 is 0 Å². The van der Waals surface area contributed by atoms with Gasteiger partial charge in [0.1, 0.15) is 0 Å². The van der Waals surface area contributed by atoms with E-state index in [0.29, 0.717) is 12.1 Å². The van der Waals surface area contributed by atoms with Gasteiger partial charge in [-0.1, -0.05) is 24.6 Å². The van der Waals surface area contributed by atoms with Crippen LogP contribution in [0.15, 0.2) is 35.3 Å². The Balaban J connectivity index is 0.00000182. The molecule has 0 radical (unpaired) electrons. The molecule has 2 aromatic rings. The summed E-state index contributed by atoms with van der Waals surface area (Å²) in [4.78, 5) is 15.3. The first-order valence-corrected chi connectivity index (χ1v) is 9.18. The summed E-state index contributed by atoms with van der Waals surface area (Å²) < 4.78 is 1.72. The fourth-order valence-corrected chi connectivity index (χ4v) is 4.39. The molecule has 1 saturated heterocycles. The number of nitrogens with zero attached hydrogens (tertiary/aromatic N) is 3. The highest BCUT2D eigenvalue weighted by Crippen LogP contribution is 2.33. The second-order valence-electron chi connectivity index (χ2n) is 7.35. The Hall–Kier alpha value is -1.43. The highest BCUT2D eigenvalue weighted by atomic mass is 35.5. The molecule has 5 nitrogen and oxygen atoms in total. The molecule has 4 rings (SSSR count). The summed E-state index contributed by atoms with van der Waals surface area (Å²) in [5.41, 5.74) is 6.26. The van der Waals surface area contributed by atoms with Crippen molar-refractivity contribution in [1.82, 2.24) is 14.7 Å². The van der Waals surface area contributed by atoms with Gasteiger partial charge in [-0.15, -0.1) is 12.4 Å². The normalized spacial score (nSPS) is 27.8. The molecular formula is C19H27ClN4O. The van der Waals surface area contributed by atoms with Gasteiger partial charge in [-0.2, -0.15) is 5.10 Å². The standard InChI is InChI=1S/C19H26N4O.ClH/c20-15-6-3-4-10-22(13-15)16-8-9-17(11-16)23-19(24)18-7-2-1-5-14(18)12-21-23;/h1-2,5,7,12,15-17H,3-4,6,8-11,13,20H2;1H. The van der Waals surface area contributed by atoms with Gasteiger partial charge >= 0.3 is 0 Å². The zero-order valence-corrected chi connectivity index (χ0v) is 15.3. The van der Waals surface area contributed by atoms with E-state index in [9.17, 15) is 4.79 Å². The molecule has 2 N–H and O–H groups in total. The number of rotatable bonds is 2. The Morgan fingerprint density at radius 2 is 1.88 bits per heavy atom. The predicted molar refractivity (Wildman–Crippen MR) is 103 cm³/mol. The highest BCUT2D eigenvalue weighted by molar-refractivity contribution is 5.85. The van der Waals surface area contributed by atoms with Crippen LogP contribution in [0, 0.1) is 0 Å². The van der Waals surface area contributed by atoms with E-state index in [0.717, 1.165) is 49.5 Å². The number of aromatic nitrogens is 2. The summed E-state index contributed by atoms with van der Waals surface area (Å²) in [6.45, 7) is 2.14. The van der Waals surface area contributed by atoms with Crippen molar-refractivity contribution in [1.29, 1.82) is 0 Å². The summed E-state index contributed by atoms with van der Waals surface area (Å²) in [5.74, 6) is 0. The molecule has 3 atom stereocenters. The van der Waals surface area contributed by atoms with Crippen LogP contribution >= 0.6 is 12.4 Å². The van der Waals surface area contributed by atoms with E-state index in [1.165, 1.54) is 12.8 Å². The lowest BCUT2D eigenvalue weighted by molar-refractivity contribution is 0.193. The first kappa shape index (κ1) is 18.4. The maximum atomic E-state index is 12.8. The number of benzene rings is 1. The van der Waals surface area contributed by atoms with Gasteiger partial charge in [0.05, 0.1) is 17.6 Å². The van der Waals surface area contributed by atoms with E-state index in [1.807, 2.05) is 30.5 Å². The molecule has 2 aliphatic rings. The van der Waals surface area contributed by atoms with Crippen molar-refractivity contribution in [2.45, 2.75) is 56.7 Å².